The molecular weight excluding hydrogens is 256 g/mol. The smallest absolute Gasteiger partial charge is 0.275 e. The van der Waals surface area contributed by atoms with Crippen molar-refractivity contribution < 1.29 is 9.53 Å². The first kappa shape index (κ1) is 13.6. The van der Waals surface area contributed by atoms with E-state index in [1.54, 1.807) is 0 Å². The number of aromatic nitrogens is 2. The summed E-state index contributed by atoms with van der Waals surface area (Å²) in [5.41, 5.74) is 2.80. The van der Waals surface area contributed by atoms with Crippen LogP contribution in [0.15, 0.2) is 0 Å². The van der Waals surface area contributed by atoms with Gasteiger partial charge in [0.25, 0.3) is 5.91 Å². The number of morpholine rings is 1. The average molecular weight is 278 g/mol. The van der Waals surface area contributed by atoms with Gasteiger partial charge in [-0.15, -0.1) is 0 Å². The van der Waals surface area contributed by atoms with Crippen molar-refractivity contribution in [2.24, 2.45) is 0 Å². The second-order valence-electron chi connectivity index (χ2n) is 5.65. The third kappa shape index (κ3) is 2.33. The van der Waals surface area contributed by atoms with Crippen LogP contribution < -0.4 is 0 Å². The van der Waals surface area contributed by atoms with Crippen LogP contribution in [0.1, 0.15) is 35.1 Å². The number of likely N-dealkylation sites (N-methyl/N-ethyl adjacent to an activating group) is 1. The fraction of sp³-hybridized carbons (Fsp3) is 0.714. The molecule has 0 aromatic carbocycles. The maximum atomic E-state index is 12.8. The van der Waals surface area contributed by atoms with E-state index in [4.69, 9.17) is 4.74 Å². The number of rotatable bonds is 2. The van der Waals surface area contributed by atoms with Crippen LogP contribution in [0.25, 0.3) is 0 Å². The van der Waals surface area contributed by atoms with E-state index in [9.17, 15) is 4.79 Å². The number of carbonyl (C=O) groups excluding carboxylic acids is 1. The average Bonchev–Trinajstić information content (AvgIpc) is 2.89. The minimum atomic E-state index is 0.0490. The molecule has 1 aromatic heterocycles. The molecule has 1 aromatic rings. The molecule has 2 aliphatic heterocycles. The zero-order valence-corrected chi connectivity index (χ0v) is 12.2. The van der Waals surface area contributed by atoms with Crippen LogP contribution in [0, 0.1) is 0 Å². The van der Waals surface area contributed by atoms with Gasteiger partial charge < -0.3 is 14.5 Å². The topological polar surface area (TPSA) is 61.5 Å². The van der Waals surface area contributed by atoms with Crippen LogP contribution in [0.2, 0.25) is 0 Å². The minimum absolute atomic E-state index is 0.0490. The van der Waals surface area contributed by atoms with Gasteiger partial charge in [-0.25, -0.2) is 0 Å². The van der Waals surface area contributed by atoms with E-state index < -0.39 is 0 Å². The highest BCUT2D eigenvalue weighted by Crippen LogP contribution is 2.22. The quantitative estimate of drug-likeness (QED) is 0.863. The Hall–Kier alpha value is -1.40. The van der Waals surface area contributed by atoms with Gasteiger partial charge in [-0.05, 0) is 13.5 Å². The number of carbonyl (C=O) groups is 1. The molecule has 1 atom stereocenters. The molecule has 110 valence electrons. The maximum absolute atomic E-state index is 12.8. The van der Waals surface area contributed by atoms with Crippen molar-refractivity contribution in [2.75, 3.05) is 33.4 Å². The summed E-state index contributed by atoms with van der Waals surface area (Å²) >= 11 is 0. The molecule has 6 heteroatoms. The first-order chi connectivity index (χ1) is 9.70. The lowest BCUT2D eigenvalue weighted by atomic mass is 10.0. The first-order valence-electron chi connectivity index (χ1n) is 7.34. The molecule has 0 spiro atoms. The Bertz CT molecular complexity index is 499. The lowest BCUT2D eigenvalue weighted by Crippen LogP contribution is -2.48. The van der Waals surface area contributed by atoms with Gasteiger partial charge in [-0.2, -0.15) is 5.10 Å². The Morgan fingerprint density at radius 2 is 2.35 bits per heavy atom. The van der Waals surface area contributed by atoms with Crippen molar-refractivity contribution in [3.63, 3.8) is 0 Å². The second-order valence-corrected chi connectivity index (χ2v) is 5.65. The zero-order chi connectivity index (χ0) is 14.1. The number of hydrogen-bond donors (Lipinski definition) is 1. The van der Waals surface area contributed by atoms with Crippen molar-refractivity contribution in [1.82, 2.24) is 20.0 Å². The highest BCUT2D eigenvalue weighted by Gasteiger charge is 2.31. The Morgan fingerprint density at radius 1 is 1.50 bits per heavy atom. The standard InChI is InChI=1S/C14H22N4O2/c1-3-10-9-20-7-6-18(10)14(19)13-11-8-17(2)5-4-12(11)15-16-13/h10H,3-9H2,1-2H3,(H,15,16)/t10-/m0/s1. The van der Waals surface area contributed by atoms with Crippen LogP contribution in [0.3, 0.4) is 0 Å². The van der Waals surface area contributed by atoms with E-state index in [1.165, 1.54) is 0 Å². The van der Waals surface area contributed by atoms with Gasteiger partial charge in [0.15, 0.2) is 5.69 Å². The van der Waals surface area contributed by atoms with Crippen molar-refractivity contribution in [3.8, 4) is 0 Å². The van der Waals surface area contributed by atoms with Crippen molar-refractivity contribution in [1.29, 1.82) is 0 Å². The fourth-order valence-corrected chi connectivity index (χ4v) is 3.00. The van der Waals surface area contributed by atoms with E-state index >= 15 is 0 Å². The molecule has 1 amide bonds. The van der Waals surface area contributed by atoms with Gasteiger partial charge in [0.2, 0.25) is 0 Å². The lowest BCUT2D eigenvalue weighted by Gasteiger charge is -2.35. The fourth-order valence-electron chi connectivity index (χ4n) is 3.00. The Balaban J connectivity index is 1.85. The molecule has 1 fully saturated rings. The highest BCUT2D eigenvalue weighted by atomic mass is 16.5. The number of nitrogens with zero attached hydrogens (tertiary/aromatic N) is 3. The third-order valence-electron chi connectivity index (χ3n) is 4.29. The van der Waals surface area contributed by atoms with Crippen molar-refractivity contribution >= 4 is 5.91 Å². The summed E-state index contributed by atoms with van der Waals surface area (Å²) in [5, 5.41) is 7.34. The number of aromatic amines is 1. The van der Waals surface area contributed by atoms with Gasteiger partial charge in [-0.3, -0.25) is 9.89 Å². The molecule has 3 rings (SSSR count). The lowest BCUT2D eigenvalue weighted by molar-refractivity contribution is -0.00320. The van der Waals surface area contributed by atoms with Gasteiger partial charge in [0.05, 0.1) is 19.3 Å². The third-order valence-corrected chi connectivity index (χ3v) is 4.29. The molecule has 6 nitrogen and oxygen atoms in total. The second kappa shape index (κ2) is 5.54. The largest absolute Gasteiger partial charge is 0.377 e. The normalized spacial score (nSPS) is 23.7. The van der Waals surface area contributed by atoms with Gasteiger partial charge >= 0.3 is 0 Å². The number of fused-ring (bicyclic) bond motifs is 1. The minimum Gasteiger partial charge on any atom is -0.377 e. The van der Waals surface area contributed by atoms with E-state index in [1.807, 2.05) is 4.90 Å². The molecule has 2 aliphatic rings. The highest BCUT2D eigenvalue weighted by molar-refractivity contribution is 5.94. The summed E-state index contributed by atoms with van der Waals surface area (Å²) in [6.45, 7) is 5.82. The van der Waals surface area contributed by atoms with Crippen LogP contribution in [0.4, 0.5) is 0 Å². The van der Waals surface area contributed by atoms with Crippen molar-refractivity contribution in [2.45, 2.75) is 32.4 Å². The van der Waals surface area contributed by atoms with E-state index in [2.05, 4.69) is 29.1 Å². The SMILES string of the molecule is CC[C@H]1COCCN1C(=O)c1n[nH]c2c1CN(C)CC2. The molecular formula is C14H22N4O2. The summed E-state index contributed by atoms with van der Waals surface area (Å²) in [7, 11) is 2.08. The zero-order valence-electron chi connectivity index (χ0n) is 12.2. The van der Waals surface area contributed by atoms with Crippen LogP contribution in [-0.2, 0) is 17.7 Å². The Kier molecular flexibility index (Phi) is 3.76. The maximum Gasteiger partial charge on any atom is 0.275 e. The molecule has 0 radical (unpaired) electrons. The predicted octanol–water partition coefficient (Wildman–Crippen LogP) is 0.649. The number of H-pyrrole nitrogens is 1. The molecule has 20 heavy (non-hydrogen) atoms. The monoisotopic (exact) mass is 278 g/mol. The summed E-state index contributed by atoms with van der Waals surface area (Å²) in [6.07, 6.45) is 1.85. The van der Waals surface area contributed by atoms with Gasteiger partial charge in [0.1, 0.15) is 0 Å². The summed E-state index contributed by atoms with van der Waals surface area (Å²) in [4.78, 5) is 16.9. The molecule has 0 bridgehead atoms. The first-order valence-corrected chi connectivity index (χ1v) is 7.34. The summed E-state index contributed by atoms with van der Waals surface area (Å²) in [5.74, 6) is 0.0490. The number of hydrogen-bond acceptors (Lipinski definition) is 4. The van der Waals surface area contributed by atoms with E-state index in [0.717, 1.165) is 37.2 Å². The number of ether oxygens (including phenoxy) is 1. The van der Waals surface area contributed by atoms with Gasteiger partial charge in [-0.1, -0.05) is 6.92 Å². The molecule has 1 saturated heterocycles. The predicted molar refractivity (Wildman–Crippen MR) is 74.6 cm³/mol. The number of nitrogens with one attached hydrogen (secondary N) is 1. The molecule has 0 aliphatic carbocycles. The van der Waals surface area contributed by atoms with Gasteiger partial charge in [0, 0.05) is 37.3 Å². The molecule has 3 heterocycles. The van der Waals surface area contributed by atoms with Crippen LogP contribution in [-0.4, -0.2) is 65.3 Å². The number of amides is 1. The summed E-state index contributed by atoms with van der Waals surface area (Å²) in [6, 6.07) is 0.171. The molecule has 0 saturated carbocycles. The molecule has 0 unspecified atom stereocenters. The van der Waals surface area contributed by atoms with Crippen LogP contribution >= 0.6 is 0 Å². The Labute approximate surface area is 119 Å². The van der Waals surface area contributed by atoms with E-state index in [0.29, 0.717) is 25.5 Å². The Morgan fingerprint density at radius 3 is 3.15 bits per heavy atom. The molecule has 1 N–H and O–H groups in total. The summed E-state index contributed by atoms with van der Waals surface area (Å²) < 4.78 is 5.47. The van der Waals surface area contributed by atoms with Crippen molar-refractivity contribution in [3.05, 3.63) is 17.0 Å². The van der Waals surface area contributed by atoms with Crippen LogP contribution in [0.5, 0.6) is 0 Å². The van der Waals surface area contributed by atoms with E-state index in [-0.39, 0.29) is 11.9 Å².